The third-order valence-electron chi connectivity index (χ3n) is 5.87. The second-order valence-electron chi connectivity index (χ2n) is 8.85. The Labute approximate surface area is 132 Å². The van der Waals surface area contributed by atoms with Gasteiger partial charge < -0.3 is 4.90 Å². The topological polar surface area (TPSA) is 49.0 Å². The van der Waals surface area contributed by atoms with Crippen LogP contribution in [-0.2, 0) is 24.2 Å². The molecule has 1 atom stereocenters. The molecule has 0 radical (unpaired) electrons. The van der Waals surface area contributed by atoms with Gasteiger partial charge in [0.05, 0.1) is 5.69 Å². The van der Waals surface area contributed by atoms with Gasteiger partial charge in [0.2, 0.25) is 5.91 Å². The standard InChI is InChI=1S/C18H27N3O/c1-17(2,3)10-15-12-11-21(8-5-14(12)19-20-15)16(22)13-9-18(13)6-4-7-18/h13H,4-11H2,1-3H3,(H,19,20)/t13-/m1/s1. The van der Waals surface area contributed by atoms with Gasteiger partial charge in [-0.05, 0) is 36.5 Å². The van der Waals surface area contributed by atoms with Crippen LogP contribution in [0.15, 0.2) is 0 Å². The van der Waals surface area contributed by atoms with Crippen molar-refractivity contribution in [2.75, 3.05) is 6.54 Å². The molecule has 0 bridgehead atoms. The van der Waals surface area contributed by atoms with Gasteiger partial charge in [0, 0.05) is 36.7 Å². The van der Waals surface area contributed by atoms with Crippen LogP contribution in [0.5, 0.6) is 0 Å². The summed E-state index contributed by atoms with van der Waals surface area (Å²) in [4.78, 5) is 14.9. The largest absolute Gasteiger partial charge is 0.338 e. The van der Waals surface area contributed by atoms with Gasteiger partial charge in [-0.2, -0.15) is 5.10 Å². The Morgan fingerprint density at radius 3 is 2.77 bits per heavy atom. The first-order valence-electron chi connectivity index (χ1n) is 8.72. The number of hydrogen-bond donors (Lipinski definition) is 1. The molecule has 1 amide bonds. The summed E-state index contributed by atoms with van der Waals surface area (Å²) in [6, 6.07) is 0. The maximum atomic E-state index is 12.8. The fourth-order valence-electron chi connectivity index (χ4n) is 4.29. The van der Waals surface area contributed by atoms with Gasteiger partial charge in [0.15, 0.2) is 0 Å². The molecule has 4 nitrogen and oxygen atoms in total. The van der Waals surface area contributed by atoms with Crippen LogP contribution in [0.4, 0.5) is 0 Å². The number of carbonyl (C=O) groups excluding carboxylic acids is 1. The van der Waals surface area contributed by atoms with Crippen molar-refractivity contribution >= 4 is 5.91 Å². The van der Waals surface area contributed by atoms with Crippen LogP contribution >= 0.6 is 0 Å². The summed E-state index contributed by atoms with van der Waals surface area (Å²) in [5.74, 6) is 0.744. The Hall–Kier alpha value is -1.32. The lowest BCUT2D eigenvalue weighted by Gasteiger charge is -2.31. The molecular formula is C18H27N3O. The number of nitrogens with one attached hydrogen (secondary N) is 1. The zero-order valence-corrected chi connectivity index (χ0v) is 14.0. The Morgan fingerprint density at radius 2 is 2.18 bits per heavy atom. The number of rotatable bonds is 2. The van der Waals surface area contributed by atoms with Gasteiger partial charge in [-0.15, -0.1) is 0 Å². The lowest BCUT2D eigenvalue weighted by molar-refractivity contribution is -0.134. The summed E-state index contributed by atoms with van der Waals surface area (Å²) in [5.41, 5.74) is 4.36. The van der Waals surface area contributed by atoms with Crippen molar-refractivity contribution < 1.29 is 4.79 Å². The van der Waals surface area contributed by atoms with Crippen molar-refractivity contribution in [2.24, 2.45) is 16.7 Å². The van der Waals surface area contributed by atoms with Gasteiger partial charge in [-0.25, -0.2) is 0 Å². The normalized spacial score (nSPS) is 25.8. The second-order valence-corrected chi connectivity index (χ2v) is 8.85. The number of fused-ring (bicyclic) bond motifs is 1. The molecule has 1 aromatic rings. The molecular weight excluding hydrogens is 274 g/mol. The highest BCUT2D eigenvalue weighted by Crippen LogP contribution is 2.66. The van der Waals surface area contributed by atoms with Crippen molar-refractivity contribution in [1.82, 2.24) is 15.1 Å². The van der Waals surface area contributed by atoms with Crippen LogP contribution in [0.2, 0.25) is 0 Å². The van der Waals surface area contributed by atoms with Crippen LogP contribution in [-0.4, -0.2) is 27.5 Å². The molecule has 1 aromatic heterocycles. The number of aromatic nitrogens is 2. The summed E-state index contributed by atoms with van der Waals surface area (Å²) in [6.07, 6.45) is 6.93. The van der Waals surface area contributed by atoms with E-state index in [2.05, 4.69) is 35.9 Å². The highest BCUT2D eigenvalue weighted by molar-refractivity contribution is 5.83. The number of carbonyl (C=O) groups is 1. The zero-order chi connectivity index (χ0) is 15.5. The van der Waals surface area contributed by atoms with E-state index in [0.717, 1.165) is 38.0 Å². The Balaban J connectivity index is 1.49. The minimum absolute atomic E-state index is 0.224. The Kier molecular flexibility index (Phi) is 2.98. The monoisotopic (exact) mass is 301 g/mol. The average Bonchev–Trinajstić information content (AvgIpc) is 3.08. The minimum Gasteiger partial charge on any atom is -0.338 e. The van der Waals surface area contributed by atoms with Crippen molar-refractivity contribution in [3.63, 3.8) is 0 Å². The summed E-state index contributed by atoms with van der Waals surface area (Å²) >= 11 is 0. The number of amides is 1. The van der Waals surface area contributed by atoms with Gasteiger partial charge in [-0.1, -0.05) is 27.2 Å². The molecule has 120 valence electrons. The Morgan fingerprint density at radius 1 is 1.41 bits per heavy atom. The molecule has 0 unspecified atom stereocenters. The highest BCUT2D eigenvalue weighted by atomic mass is 16.2. The van der Waals surface area contributed by atoms with Gasteiger partial charge in [-0.3, -0.25) is 9.89 Å². The third kappa shape index (κ3) is 2.27. The first-order chi connectivity index (χ1) is 10.4. The summed E-state index contributed by atoms with van der Waals surface area (Å²) < 4.78 is 0. The number of H-pyrrole nitrogens is 1. The van der Waals surface area contributed by atoms with Crippen molar-refractivity contribution in [3.05, 3.63) is 17.0 Å². The molecule has 0 saturated heterocycles. The molecule has 0 aromatic carbocycles. The molecule has 2 saturated carbocycles. The van der Waals surface area contributed by atoms with Gasteiger partial charge in [0.1, 0.15) is 0 Å². The van der Waals surface area contributed by atoms with E-state index in [-0.39, 0.29) is 5.41 Å². The first kappa shape index (κ1) is 14.3. The van der Waals surface area contributed by atoms with E-state index in [1.165, 1.54) is 30.5 Å². The highest BCUT2D eigenvalue weighted by Gasteiger charge is 2.61. The molecule has 2 fully saturated rings. The minimum atomic E-state index is 0.224. The predicted octanol–water partition coefficient (Wildman–Crippen LogP) is 3.07. The van der Waals surface area contributed by atoms with Crippen LogP contribution < -0.4 is 0 Å². The maximum absolute atomic E-state index is 12.8. The van der Waals surface area contributed by atoms with E-state index < -0.39 is 0 Å². The predicted molar refractivity (Wildman–Crippen MR) is 85.3 cm³/mol. The number of nitrogens with zero attached hydrogens (tertiary/aromatic N) is 2. The molecule has 3 aliphatic rings. The van der Waals surface area contributed by atoms with Crippen molar-refractivity contribution in [1.29, 1.82) is 0 Å². The molecule has 2 aliphatic carbocycles. The summed E-state index contributed by atoms with van der Waals surface area (Å²) in [5, 5.41) is 7.73. The molecule has 1 spiro atoms. The number of hydrogen-bond acceptors (Lipinski definition) is 2. The summed E-state index contributed by atoms with van der Waals surface area (Å²) in [6.45, 7) is 8.34. The third-order valence-corrected chi connectivity index (χ3v) is 5.87. The molecule has 1 aliphatic heterocycles. The first-order valence-corrected chi connectivity index (χ1v) is 8.72. The molecule has 1 N–H and O–H groups in total. The molecule has 4 rings (SSSR count). The second kappa shape index (κ2) is 4.59. The van der Waals surface area contributed by atoms with E-state index in [1.54, 1.807) is 0 Å². The van der Waals surface area contributed by atoms with Gasteiger partial charge >= 0.3 is 0 Å². The maximum Gasteiger partial charge on any atom is 0.226 e. The van der Waals surface area contributed by atoms with Crippen LogP contribution in [0, 0.1) is 16.7 Å². The smallest absolute Gasteiger partial charge is 0.226 e. The van der Waals surface area contributed by atoms with E-state index in [4.69, 9.17) is 0 Å². The van der Waals surface area contributed by atoms with Crippen molar-refractivity contribution in [2.45, 2.75) is 65.8 Å². The van der Waals surface area contributed by atoms with Gasteiger partial charge in [0.25, 0.3) is 0 Å². The quantitative estimate of drug-likeness (QED) is 0.912. The average molecular weight is 301 g/mol. The van der Waals surface area contributed by atoms with E-state index >= 15 is 0 Å². The van der Waals surface area contributed by atoms with E-state index in [0.29, 0.717) is 17.2 Å². The van der Waals surface area contributed by atoms with E-state index in [1.807, 2.05) is 0 Å². The van der Waals surface area contributed by atoms with Crippen LogP contribution in [0.25, 0.3) is 0 Å². The molecule has 22 heavy (non-hydrogen) atoms. The van der Waals surface area contributed by atoms with Crippen LogP contribution in [0.1, 0.15) is 63.4 Å². The number of aromatic amines is 1. The zero-order valence-electron chi connectivity index (χ0n) is 14.0. The lowest BCUT2D eigenvalue weighted by atomic mass is 9.79. The van der Waals surface area contributed by atoms with Crippen molar-refractivity contribution in [3.8, 4) is 0 Å². The molecule has 2 heterocycles. The summed E-state index contributed by atoms with van der Waals surface area (Å²) in [7, 11) is 0. The SMILES string of the molecule is CC(C)(C)Cc1n[nH]c2c1CN(C(=O)[C@H]1CC13CCC3)CC2. The lowest BCUT2D eigenvalue weighted by Crippen LogP contribution is -2.38. The van der Waals surface area contributed by atoms with E-state index in [9.17, 15) is 4.79 Å². The van der Waals surface area contributed by atoms with Crippen LogP contribution in [0.3, 0.4) is 0 Å². The molecule has 4 heteroatoms. The Bertz CT molecular complexity index is 606. The fraction of sp³-hybridized carbons (Fsp3) is 0.778. The fourth-order valence-corrected chi connectivity index (χ4v) is 4.29.